The van der Waals surface area contributed by atoms with E-state index in [-0.39, 0.29) is 36.2 Å². The summed E-state index contributed by atoms with van der Waals surface area (Å²) in [5.41, 5.74) is -0.287. The van der Waals surface area contributed by atoms with Gasteiger partial charge in [-0.1, -0.05) is 0 Å². The SMILES string of the molecule is CC(C)(CNC1=NCCCN1)OCCO.I. The fourth-order valence-corrected chi connectivity index (χ4v) is 1.32. The van der Waals surface area contributed by atoms with Gasteiger partial charge in [-0.05, 0) is 20.3 Å². The van der Waals surface area contributed by atoms with Crippen LogP contribution in [0.2, 0.25) is 0 Å². The lowest BCUT2D eigenvalue weighted by molar-refractivity contribution is -0.0292. The lowest BCUT2D eigenvalue weighted by atomic mass is 10.1. The molecule has 16 heavy (non-hydrogen) atoms. The van der Waals surface area contributed by atoms with E-state index >= 15 is 0 Å². The Hall–Kier alpha value is -0.0800. The minimum atomic E-state index is -0.287. The number of aliphatic hydroxyl groups is 1. The average molecular weight is 343 g/mol. The van der Waals surface area contributed by atoms with Crippen LogP contribution in [0.5, 0.6) is 0 Å². The van der Waals surface area contributed by atoms with Crippen molar-refractivity contribution in [3.63, 3.8) is 0 Å². The van der Waals surface area contributed by atoms with Crippen molar-refractivity contribution >= 4 is 29.9 Å². The van der Waals surface area contributed by atoms with Crippen molar-refractivity contribution in [1.29, 1.82) is 0 Å². The summed E-state index contributed by atoms with van der Waals surface area (Å²) in [6, 6.07) is 0. The van der Waals surface area contributed by atoms with Gasteiger partial charge in [-0.2, -0.15) is 0 Å². The van der Waals surface area contributed by atoms with E-state index in [0.717, 1.165) is 25.5 Å². The highest BCUT2D eigenvalue weighted by Gasteiger charge is 2.18. The summed E-state index contributed by atoms with van der Waals surface area (Å²) in [5, 5.41) is 15.0. The molecule has 0 atom stereocenters. The molecule has 0 saturated carbocycles. The van der Waals surface area contributed by atoms with Gasteiger partial charge in [0.2, 0.25) is 0 Å². The van der Waals surface area contributed by atoms with Crippen LogP contribution in [0.3, 0.4) is 0 Å². The fraction of sp³-hybridized carbons (Fsp3) is 0.900. The topological polar surface area (TPSA) is 65.9 Å². The summed E-state index contributed by atoms with van der Waals surface area (Å²) in [7, 11) is 0. The van der Waals surface area contributed by atoms with Crippen LogP contribution in [0.1, 0.15) is 20.3 Å². The van der Waals surface area contributed by atoms with Gasteiger partial charge in [-0.3, -0.25) is 4.99 Å². The molecule has 3 N–H and O–H groups in total. The van der Waals surface area contributed by atoms with E-state index in [1.165, 1.54) is 0 Å². The fourth-order valence-electron chi connectivity index (χ4n) is 1.32. The summed E-state index contributed by atoms with van der Waals surface area (Å²) < 4.78 is 5.47. The predicted molar refractivity (Wildman–Crippen MR) is 75.5 cm³/mol. The van der Waals surface area contributed by atoms with E-state index in [2.05, 4.69) is 15.6 Å². The van der Waals surface area contributed by atoms with Gasteiger partial charge in [-0.25, -0.2) is 0 Å². The van der Waals surface area contributed by atoms with E-state index in [1.54, 1.807) is 0 Å². The normalized spacial score (nSPS) is 15.8. The van der Waals surface area contributed by atoms with Gasteiger partial charge in [0.15, 0.2) is 5.96 Å². The number of aliphatic imine (C=N–C) groups is 1. The zero-order valence-corrected chi connectivity index (χ0v) is 12.3. The number of nitrogens with zero attached hydrogens (tertiary/aromatic N) is 1. The lowest BCUT2D eigenvalue weighted by Gasteiger charge is -2.27. The van der Waals surface area contributed by atoms with Crippen molar-refractivity contribution < 1.29 is 9.84 Å². The Morgan fingerprint density at radius 2 is 2.31 bits per heavy atom. The minimum absolute atomic E-state index is 0. The van der Waals surface area contributed by atoms with Crippen LogP contribution < -0.4 is 10.6 Å². The molecule has 0 aromatic rings. The lowest BCUT2D eigenvalue weighted by Crippen LogP contribution is -2.47. The second kappa shape index (κ2) is 8.08. The van der Waals surface area contributed by atoms with Gasteiger partial charge in [0, 0.05) is 19.6 Å². The zero-order chi connectivity index (χ0) is 11.1. The van der Waals surface area contributed by atoms with Crippen molar-refractivity contribution in [3.8, 4) is 0 Å². The average Bonchev–Trinajstić information content (AvgIpc) is 2.25. The highest BCUT2D eigenvalue weighted by molar-refractivity contribution is 14.0. The Morgan fingerprint density at radius 3 is 2.88 bits per heavy atom. The quantitative estimate of drug-likeness (QED) is 0.630. The van der Waals surface area contributed by atoms with E-state index in [1.807, 2.05) is 13.8 Å². The molecule has 6 heteroatoms. The molecule has 0 radical (unpaired) electrons. The molecule has 0 saturated heterocycles. The molecule has 0 amide bonds. The molecule has 5 nitrogen and oxygen atoms in total. The van der Waals surface area contributed by atoms with Crippen molar-refractivity contribution in [2.75, 3.05) is 32.8 Å². The molecule has 1 aliphatic rings. The standard InChI is InChI=1S/C10H21N3O2.HI/c1-10(2,15-7-6-14)8-13-9-11-4-3-5-12-9;/h14H,3-8H2,1-2H3,(H2,11,12,13);1H. The minimum Gasteiger partial charge on any atom is -0.394 e. The molecule has 0 unspecified atom stereocenters. The molecule has 96 valence electrons. The van der Waals surface area contributed by atoms with Crippen molar-refractivity contribution in [1.82, 2.24) is 10.6 Å². The van der Waals surface area contributed by atoms with Crippen molar-refractivity contribution in [2.24, 2.45) is 4.99 Å². The molecular weight excluding hydrogens is 321 g/mol. The third kappa shape index (κ3) is 6.49. The molecule has 1 heterocycles. The summed E-state index contributed by atoms with van der Waals surface area (Å²) in [5.74, 6) is 0.849. The molecule has 0 spiro atoms. The van der Waals surface area contributed by atoms with Gasteiger partial charge >= 0.3 is 0 Å². The maximum absolute atomic E-state index is 8.67. The first-order chi connectivity index (χ1) is 7.14. The molecule has 0 aliphatic carbocycles. The van der Waals surface area contributed by atoms with E-state index < -0.39 is 0 Å². The molecular formula is C10H22IN3O2. The third-order valence-corrected chi connectivity index (χ3v) is 2.16. The van der Waals surface area contributed by atoms with Gasteiger partial charge in [0.25, 0.3) is 0 Å². The number of guanidine groups is 1. The Kier molecular flexibility index (Phi) is 8.04. The largest absolute Gasteiger partial charge is 0.394 e. The van der Waals surface area contributed by atoms with Gasteiger partial charge in [0.1, 0.15) is 0 Å². The summed E-state index contributed by atoms with van der Waals surface area (Å²) in [6.45, 7) is 6.94. The molecule has 0 aromatic heterocycles. The molecule has 0 fully saturated rings. The monoisotopic (exact) mass is 343 g/mol. The highest BCUT2D eigenvalue weighted by Crippen LogP contribution is 2.06. The number of hydrogen-bond donors (Lipinski definition) is 3. The summed E-state index contributed by atoms with van der Waals surface area (Å²) in [6.07, 6.45) is 1.09. The molecule has 1 rings (SSSR count). The van der Waals surface area contributed by atoms with Crippen LogP contribution in [0.4, 0.5) is 0 Å². The Labute approximate surface area is 114 Å². The molecule has 0 bridgehead atoms. The summed E-state index contributed by atoms with van der Waals surface area (Å²) in [4.78, 5) is 4.30. The first-order valence-corrected chi connectivity index (χ1v) is 5.41. The third-order valence-electron chi connectivity index (χ3n) is 2.16. The number of aliphatic hydroxyl groups excluding tert-OH is 1. The van der Waals surface area contributed by atoms with Gasteiger partial charge < -0.3 is 20.5 Å². The second-order valence-corrected chi connectivity index (χ2v) is 4.20. The molecule has 1 aliphatic heterocycles. The first-order valence-electron chi connectivity index (χ1n) is 5.41. The Morgan fingerprint density at radius 1 is 1.56 bits per heavy atom. The van der Waals surface area contributed by atoms with Gasteiger partial charge in [0.05, 0.1) is 18.8 Å². The Balaban J connectivity index is 0.00000225. The van der Waals surface area contributed by atoms with Crippen LogP contribution in [-0.4, -0.2) is 49.5 Å². The number of halogens is 1. The van der Waals surface area contributed by atoms with Crippen LogP contribution >= 0.6 is 24.0 Å². The first kappa shape index (κ1) is 15.9. The van der Waals surface area contributed by atoms with Gasteiger partial charge in [-0.15, -0.1) is 24.0 Å². The van der Waals surface area contributed by atoms with Crippen LogP contribution in [-0.2, 0) is 4.74 Å². The Bertz CT molecular complexity index is 222. The number of nitrogens with one attached hydrogen (secondary N) is 2. The van der Waals surface area contributed by atoms with E-state index in [4.69, 9.17) is 9.84 Å². The second-order valence-electron chi connectivity index (χ2n) is 4.20. The molecule has 0 aromatic carbocycles. The maximum atomic E-state index is 8.67. The van der Waals surface area contributed by atoms with Crippen molar-refractivity contribution in [2.45, 2.75) is 25.9 Å². The zero-order valence-electron chi connectivity index (χ0n) is 9.95. The van der Waals surface area contributed by atoms with E-state index in [0.29, 0.717) is 13.2 Å². The highest BCUT2D eigenvalue weighted by atomic mass is 127. The van der Waals surface area contributed by atoms with Crippen LogP contribution in [0.25, 0.3) is 0 Å². The van der Waals surface area contributed by atoms with Crippen LogP contribution in [0, 0.1) is 0 Å². The van der Waals surface area contributed by atoms with Crippen LogP contribution in [0.15, 0.2) is 4.99 Å². The number of hydrogen-bond acceptors (Lipinski definition) is 5. The smallest absolute Gasteiger partial charge is 0.191 e. The predicted octanol–water partition coefficient (Wildman–Crippen LogP) is 0.331. The maximum Gasteiger partial charge on any atom is 0.191 e. The number of rotatable bonds is 5. The van der Waals surface area contributed by atoms with E-state index in [9.17, 15) is 0 Å². The van der Waals surface area contributed by atoms with Crippen molar-refractivity contribution in [3.05, 3.63) is 0 Å². The number of ether oxygens (including phenoxy) is 1. The summed E-state index contributed by atoms with van der Waals surface area (Å²) >= 11 is 0.